The lowest BCUT2D eigenvalue weighted by atomic mass is 10.1. The van der Waals surface area contributed by atoms with Crippen LogP contribution in [0.2, 0.25) is 0 Å². The highest BCUT2D eigenvalue weighted by Gasteiger charge is 2.25. The molecule has 1 aromatic rings. The van der Waals surface area contributed by atoms with Crippen molar-refractivity contribution in [1.29, 1.82) is 0 Å². The number of carboxylic acids is 1. The molecule has 0 heterocycles. The van der Waals surface area contributed by atoms with Gasteiger partial charge in [-0.05, 0) is 54.9 Å². The predicted molar refractivity (Wildman–Crippen MR) is 71.2 cm³/mol. The summed E-state index contributed by atoms with van der Waals surface area (Å²) in [6.45, 7) is 5.12. The Morgan fingerprint density at radius 2 is 1.89 bits per heavy atom. The summed E-state index contributed by atoms with van der Waals surface area (Å²) in [5.74, 6) is -1.17. The Balaban J connectivity index is 3.32. The molecule has 0 amide bonds. The van der Waals surface area contributed by atoms with Crippen LogP contribution in [0.4, 0.5) is 0 Å². The standard InChI is InChI=1S/C11H14BrNO4S/c1-11(2,3)13-18(16,17)9-6-7(10(14)15)4-5-8(9)12/h4-6,13H,1-3H3,(H,14,15). The SMILES string of the molecule is CC(C)(C)NS(=O)(=O)c1cc(C(=O)O)ccc1Br. The molecule has 0 unspecified atom stereocenters. The van der Waals surface area contributed by atoms with E-state index in [9.17, 15) is 13.2 Å². The van der Waals surface area contributed by atoms with Crippen LogP contribution in [0.25, 0.3) is 0 Å². The molecule has 0 aliphatic heterocycles. The number of sulfonamides is 1. The van der Waals surface area contributed by atoms with Crippen LogP contribution < -0.4 is 4.72 Å². The smallest absolute Gasteiger partial charge is 0.335 e. The number of carbonyl (C=O) groups is 1. The first kappa shape index (κ1) is 15.1. The fraction of sp³-hybridized carbons (Fsp3) is 0.364. The minimum Gasteiger partial charge on any atom is -0.478 e. The second-order valence-corrected chi connectivity index (χ2v) is 7.31. The molecule has 0 bridgehead atoms. The number of hydrogen-bond donors (Lipinski definition) is 2. The maximum atomic E-state index is 12.1. The molecule has 7 heteroatoms. The average Bonchev–Trinajstić information content (AvgIpc) is 2.13. The van der Waals surface area contributed by atoms with Gasteiger partial charge in [0.05, 0.1) is 10.5 Å². The molecule has 1 rings (SSSR count). The topological polar surface area (TPSA) is 83.5 Å². The van der Waals surface area contributed by atoms with Crippen LogP contribution in [0.1, 0.15) is 31.1 Å². The molecule has 0 aromatic heterocycles. The Hall–Kier alpha value is -0.920. The minimum atomic E-state index is -3.76. The minimum absolute atomic E-state index is 0.0764. The fourth-order valence-electron chi connectivity index (χ4n) is 1.30. The second-order valence-electron chi connectivity index (χ2n) is 4.81. The largest absolute Gasteiger partial charge is 0.478 e. The molecule has 0 atom stereocenters. The van der Waals surface area contributed by atoms with Gasteiger partial charge in [0.2, 0.25) is 10.0 Å². The van der Waals surface area contributed by atoms with Gasteiger partial charge in [0, 0.05) is 10.0 Å². The summed E-state index contributed by atoms with van der Waals surface area (Å²) in [4.78, 5) is 10.8. The normalized spacial score (nSPS) is 12.4. The van der Waals surface area contributed by atoms with Crippen LogP contribution in [0, 0.1) is 0 Å². The van der Waals surface area contributed by atoms with Gasteiger partial charge in [-0.15, -0.1) is 0 Å². The summed E-state index contributed by atoms with van der Waals surface area (Å²) < 4.78 is 27.0. The third kappa shape index (κ3) is 3.79. The molecule has 0 spiro atoms. The van der Waals surface area contributed by atoms with Crippen molar-refractivity contribution >= 4 is 31.9 Å². The van der Waals surface area contributed by atoms with Crippen molar-refractivity contribution in [3.05, 3.63) is 28.2 Å². The first-order valence-electron chi connectivity index (χ1n) is 5.10. The number of aromatic carboxylic acids is 1. The molecule has 0 radical (unpaired) electrons. The summed E-state index contributed by atoms with van der Waals surface area (Å²) in [6.07, 6.45) is 0. The van der Waals surface area contributed by atoms with Crippen molar-refractivity contribution in [2.45, 2.75) is 31.2 Å². The molecule has 0 saturated heterocycles. The van der Waals surface area contributed by atoms with Crippen molar-refractivity contribution < 1.29 is 18.3 Å². The van der Waals surface area contributed by atoms with E-state index in [0.717, 1.165) is 6.07 Å². The molecular weight excluding hydrogens is 322 g/mol. The van der Waals surface area contributed by atoms with E-state index in [-0.39, 0.29) is 10.5 Å². The number of hydrogen-bond acceptors (Lipinski definition) is 3. The van der Waals surface area contributed by atoms with Crippen molar-refractivity contribution in [3.63, 3.8) is 0 Å². The van der Waals surface area contributed by atoms with Crippen LogP contribution in [0.15, 0.2) is 27.6 Å². The van der Waals surface area contributed by atoms with Gasteiger partial charge in [0.15, 0.2) is 0 Å². The summed E-state index contributed by atoms with van der Waals surface area (Å²) in [5.41, 5.74) is -0.718. The van der Waals surface area contributed by atoms with Crippen LogP contribution in [0.5, 0.6) is 0 Å². The highest BCUT2D eigenvalue weighted by Crippen LogP contribution is 2.24. The second kappa shape index (κ2) is 4.99. The van der Waals surface area contributed by atoms with Crippen molar-refractivity contribution in [3.8, 4) is 0 Å². The maximum absolute atomic E-state index is 12.1. The van der Waals surface area contributed by atoms with Crippen LogP contribution >= 0.6 is 15.9 Å². The van der Waals surface area contributed by atoms with E-state index < -0.39 is 21.5 Å². The Kier molecular flexibility index (Phi) is 4.19. The van der Waals surface area contributed by atoms with Gasteiger partial charge < -0.3 is 5.11 Å². The molecule has 0 aliphatic rings. The van der Waals surface area contributed by atoms with Gasteiger partial charge >= 0.3 is 5.97 Å². The molecule has 5 nitrogen and oxygen atoms in total. The van der Waals surface area contributed by atoms with Gasteiger partial charge in [-0.1, -0.05) is 0 Å². The van der Waals surface area contributed by atoms with Crippen molar-refractivity contribution in [2.24, 2.45) is 0 Å². The molecular formula is C11H14BrNO4S. The summed E-state index contributed by atoms with van der Waals surface area (Å²) in [7, 11) is -3.76. The Bertz CT molecular complexity index is 575. The zero-order valence-electron chi connectivity index (χ0n) is 10.2. The summed E-state index contributed by atoms with van der Waals surface area (Å²) in [5, 5.41) is 8.87. The molecule has 0 saturated carbocycles. The monoisotopic (exact) mass is 335 g/mol. The first-order valence-corrected chi connectivity index (χ1v) is 7.37. The molecule has 2 N–H and O–H groups in total. The van der Waals surface area contributed by atoms with Gasteiger partial charge in [0.1, 0.15) is 0 Å². The average molecular weight is 336 g/mol. The summed E-state index contributed by atoms with van der Waals surface area (Å²) >= 11 is 3.11. The number of benzene rings is 1. The quantitative estimate of drug-likeness (QED) is 0.887. The molecule has 0 fully saturated rings. The van der Waals surface area contributed by atoms with E-state index in [0.29, 0.717) is 4.47 Å². The molecule has 1 aromatic carbocycles. The number of halogens is 1. The number of rotatable bonds is 3. The molecule has 0 aliphatic carbocycles. The van der Waals surface area contributed by atoms with Crippen LogP contribution in [0.3, 0.4) is 0 Å². The van der Waals surface area contributed by atoms with Crippen molar-refractivity contribution in [1.82, 2.24) is 4.72 Å². The highest BCUT2D eigenvalue weighted by molar-refractivity contribution is 9.10. The fourth-order valence-corrected chi connectivity index (χ4v) is 3.71. The molecule has 18 heavy (non-hydrogen) atoms. The Morgan fingerprint density at radius 1 is 1.33 bits per heavy atom. The third-order valence-corrected chi connectivity index (χ3v) is 4.66. The van der Waals surface area contributed by atoms with E-state index in [1.54, 1.807) is 20.8 Å². The predicted octanol–water partition coefficient (Wildman–Crippen LogP) is 2.22. The lowest BCUT2D eigenvalue weighted by Gasteiger charge is -2.21. The van der Waals surface area contributed by atoms with E-state index in [2.05, 4.69) is 20.7 Å². The van der Waals surface area contributed by atoms with E-state index in [1.807, 2.05) is 0 Å². The van der Waals surface area contributed by atoms with E-state index >= 15 is 0 Å². The van der Waals surface area contributed by atoms with Gasteiger partial charge in [-0.2, -0.15) is 0 Å². The molecule has 100 valence electrons. The van der Waals surface area contributed by atoms with Crippen LogP contribution in [-0.4, -0.2) is 25.0 Å². The zero-order valence-corrected chi connectivity index (χ0v) is 12.6. The summed E-state index contributed by atoms with van der Waals surface area (Å²) in [6, 6.07) is 3.86. The number of carboxylic acid groups (broad SMARTS) is 1. The first-order chi connectivity index (χ1) is 8.03. The maximum Gasteiger partial charge on any atom is 0.335 e. The van der Waals surface area contributed by atoms with Gasteiger partial charge in [-0.3, -0.25) is 0 Å². The lowest BCUT2D eigenvalue weighted by Crippen LogP contribution is -2.40. The highest BCUT2D eigenvalue weighted by atomic mass is 79.9. The van der Waals surface area contributed by atoms with Crippen LogP contribution in [-0.2, 0) is 10.0 Å². The van der Waals surface area contributed by atoms with Gasteiger partial charge in [0.25, 0.3) is 0 Å². The number of nitrogens with one attached hydrogen (secondary N) is 1. The van der Waals surface area contributed by atoms with Gasteiger partial charge in [-0.25, -0.2) is 17.9 Å². The zero-order chi connectivity index (χ0) is 14.1. The Labute approximate surface area is 114 Å². The van der Waals surface area contributed by atoms with E-state index in [4.69, 9.17) is 5.11 Å². The lowest BCUT2D eigenvalue weighted by molar-refractivity contribution is 0.0696. The van der Waals surface area contributed by atoms with E-state index in [1.165, 1.54) is 12.1 Å². The third-order valence-electron chi connectivity index (χ3n) is 1.91. The van der Waals surface area contributed by atoms with Crippen molar-refractivity contribution in [2.75, 3.05) is 0 Å². The Morgan fingerprint density at radius 3 is 2.33 bits per heavy atom.